The van der Waals surface area contributed by atoms with Crippen molar-refractivity contribution in [3.63, 3.8) is 0 Å². The first kappa shape index (κ1) is 16.1. The van der Waals surface area contributed by atoms with Crippen LogP contribution in [0.25, 0.3) is 0 Å². The van der Waals surface area contributed by atoms with Crippen LogP contribution >= 0.6 is 12.2 Å². The molecule has 0 aromatic carbocycles. The molecule has 3 N–H and O–H groups in total. The number of rotatable bonds is 6. The number of amides is 1. The van der Waals surface area contributed by atoms with E-state index in [4.69, 9.17) is 18.0 Å². The second kappa shape index (κ2) is 6.15. The topological polar surface area (TPSA) is 64.3 Å². The van der Waals surface area contributed by atoms with Crippen LogP contribution in [0.1, 0.15) is 20.3 Å². The molecule has 0 aliphatic heterocycles. The van der Waals surface area contributed by atoms with E-state index in [0.29, 0.717) is 6.42 Å². The van der Waals surface area contributed by atoms with Gasteiger partial charge < -0.3 is 15.8 Å². The van der Waals surface area contributed by atoms with Crippen LogP contribution in [0.15, 0.2) is 0 Å². The second-order valence-electron chi connectivity index (χ2n) is 3.71. The molecule has 0 fully saturated rings. The minimum atomic E-state index is -4.45. The average Bonchev–Trinajstić information content (AvgIpc) is 2.15. The van der Waals surface area contributed by atoms with Gasteiger partial charge in [0.1, 0.15) is 13.2 Å². The molecule has 1 amide bonds. The Hall–Kier alpha value is -0.890. The Morgan fingerprint density at radius 1 is 1.47 bits per heavy atom. The Labute approximate surface area is 103 Å². The minimum absolute atomic E-state index is 0.0733. The summed E-state index contributed by atoms with van der Waals surface area (Å²) in [6.07, 6.45) is -4.01. The summed E-state index contributed by atoms with van der Waals surface area (Å²) in [4.78, 5) is 11.4. The van der Waals surface area contributed by atoms with Crippen LogP contribution in [0.5, 0.6) is 0 Å². The molecule has 0 rings (SSSR count). The van der Waals surface area contributed by atoms with Crippen LogP contribution in [0.3, 0.4) is 0 Å². The van der Waals surface area contributed by atoms with Crippen LogP contribution < -0.4 is 11.1 Å². The third-order valence-electron chi connectivity index (χ3n) is 2.17. The molecule has 0 aliphatic carbocycles. The fourth-order valence-corrected chi connectivity index (χ4v) is 1.12. The van der Waals surface area contributed by atoms with Crippen LogP contribution in [0, 0.1) is 0 Å². The summed E-state index contributed by atoms with van der Waals surface area (Å²) >= 11 is 4.76. The van der Waals surface area contributed by atoms with Crippen molar-refractivity contribution in [2.75, 3.05) is 13.2 Å². The molecular formula is C9H15F3N2O2S. The summed E-state index contributed by atoms with van der Waals surface area (Å²) in [5, 5.41) is 2.43. The first-order valence-electron chi connectivity index (χ1n) is 4.86. The Bertz CT molecular complexity index is 296. The zero-order valence-corrected chi connectivity index (χ0v) is 10.4. The molecule has 0 aliphatic rings. The number of thiocarbonyl (C=S) groups is 1. The van der Waals surface area contributed by atoms with E-state index in [1.165, 1.54) is 0 Å². The number of nitrogens with two attached hydrogens (primary N) is 1. The van der Waals surface area contributed by atoms with Crippen molar-refractivity contribution in [1.82, 2.24) is 5.32 Å². The van der Waals surface area contributed by atoms with Gasteiger partial charge in [-0.25, -0.2) is 0 Å². The molecule has 0 bridgehead atoms. The zero-order chi connectivity index (χ0) is 13.7. The molecule has 0 aromatic rings. The van der Waals surface area contributed by atoms with E-state index in [-0.39, 0.29) is 4.99 Å². The lowest BCUT2D eigenvalue weighted by molar-refractivity contribution is -0.175. The fourth-order valence-electron chi connectivity index (χ4n) is 0.927. The van der Waals surface area contributed by atoms with Crippen molar-refractivity contribution in [3.05, 3.63) is 0 Å². The first-order chi connectivity index (χ1) is 7.60. The van der Waals surface area contributed by atoms with Gasteiger partial charge >= 0.3 is 6.18 Å². The van der Waals surface area contributed by atoms with Gasteiger partial charge in [-0.1, -0.05) is 19.1 Å². The molecule has 8 heteroatoms. The summed E-state index contributed by atoms with van der Waals surface area (Å²) in [5.41, 5.74) is 4.51. The zero-order valence-electron chi connectivity index (χ0n) is 9.56. The maximum atomic E-state index is 11.7. The molecule has 0 heterocycles. The number of carbonyl (C=O) groups is 1. The third-order valence-corrected chi connectivity index (χ3v) is 2.62. The number of ether oxygens (including phenoxy) is 1. The van der Waals surface area contributed by atoms with Gasteiger partial charge in [0.15, 0.2) is 0 Å². The quantitative estimate of drug-likeness (QED) is 0.712. The molecule has 0 spiro atoms. The van der Waals surface area contributed by atoms with Crippen molar-refractivity contribution >= 4 is 23.1 Å². The largest absolute Gasteiger partial charge is 0.411 e. The number of nitrogens with one attached hydrogen (secondary N) is 1. The smallest absolute Gasteiger partial charge is 0.391 e. The lowest BCUT2D eigenvalue weighted by Gasteiger charge is -2.28. The summed E-state index contributed by atoms with van der Waals surface area (Å²) < 4.78 is 39.4. The second-order valence-corrected chi connectivity index (χ2v) is 4.15. The predicted molar refractivity (Wildman–Crippen MR) is 60.5 cm³/mol. The van der Waals surface area contributed by atoms with Crippen LogP contribution in [-0.2, 0) is 9.53 Å². The number of hydrogen-bond donors (Lipinski definition) is 2. The van der Waals surface area contributed by atoms with E-state index < -0.39 is 30.8 Å². The maximum Gasteiger partial charge on any atom is 0.411 e. The molecule has 100 valence electrons. The number of halogens is 3. The third kappa shape index (κ3) is 6.42. The lowest BCUT2D eigenvalue weighted by Crippen LogP contribution is -2.55. The standard InChI is InChI=1S/C9H15F3N2O2S/c1-3-8(2,7(13)17)14-6(15)4-16-5-9(10,11)12/h3-5H2,1-2H3,(H2,13,17)(H,14,15). The summed E-state index contributed by atoms with van der Waals surface area (Å²) in [5.74, 6) is -0.689. The maximum absolute atomic E-state index is 11.7. The highest BCUT2D eigenvalue weighted by Gasteiger charge is 2.30. The number of hydrogen-bond acceptors (Lipinski definition) is 3. The summed E-state index contributed by atoms with van der Waals surface area (Å²) in [6, 6.07) is 0. The highest BCUT2D eigenvalue weighted by molar-refractivity contribution is 7.80. The molecule has 0 saturated carbocycles. The van der Waals surface area contributed by atoms with Gasteiger partial charge in [-0.15, -0.1) is 0 Å². The summed E-state index contributed by atoms with van der Waals surface area (Å²) in [6.45, 7) is 1.20. The van der Waals surface area contributed by atoms with Gasteiger partial charge in [0.25, 0.3) is 0 Å². The lowest BCUT2D eigenvalue weighted by atomic mass is 9.99. The predicted octanol–water partition coefficient (Wildman–Crippen LogP) is 1.14. The van der Waals surface area contributed by atoms with Crippen molar-refractivity contribution in [2.24, 2.45) is 5.73 Å². The van der Waals surface area contributed by atoms with Crippen LogP contribution in [0.4, 0.5) is 13.2 Å². The fraction of sp³-hybridized carbons (Fsp3) is 0.778. The number of alkyl halides is 3. The van der Waals surface area contributed by atoms with E-state index in [2.05, 4.69) is 10.1 Å². The van der Waals surface area contributed by atoms with Gasteiger partial charge in [-0.2, -0.15) is 13.2 Å². The van der Waals surface area contributed by atoms with Crippen molar-refractivity contribution in [3.8, 4) is 0 Å². The molecule has 17 heavy (non-hydrogen) atoms. The molecule has 0 saturated heterocycles. The molecule has 0 radical (unpaired) electrons. The Morgan fingerprint density at radius 3 is 2.35 bits per heavy atom. The monoisotopic (exact) mass is 272 g/mol. The molecule has 0 aromatic heterocycles. The number of carbonyl (C=O) groups excluding carboxylic acids is 1. The minimum Gasteiger partial charge on any atom is -0.391 e. The highest BCUT2D eigenvalue weighted by atomic mass is 32.1. The van der Waals surface area contributed by atoms with Gasteiger partial charge in [0.05, 0.1) is 10.5 Å². The van der Waals surface area contributed by atoms with Crippen molar-refractivity contribution in [2.45, 2.75) is 32.0 Å². The Morgan fingerprint density at radius 2 is 2.00 bits per heavy atom. The van der Waals surface area contributed by atoms with Gasteiger partial charge in [0, 0.05) is 0 Å². The summed E-state index contributed by atoms with van der Waals surface area (Å²) in [7, 11) is 0. The van der Waals surface area contributed by atoms with E-state index >= 15 is 0 Å². The van der Waals surface area contributed by atoms with E-state index in [9.17, 15) is 18.0 Å². The van der Waals surface area contributed by atoms with Crippen molar-refractivity contribution < 1.29 is 22.7 Å². The SMILES string of the molecule is CCC(C)(NC(=O)COCC(F)(F)F)C(N)=S. The Balaban J connectivity index is 4.14. The average molecular weight is 272 g/mol. The van der Waals surface area contributed by atoms with Crippen LogP contribution in [0.2, 0.25) is 0 Å². The van der Waals surface area contributed by atoms with Gasteiger partial charge in [0.2, 0.25) is 5.91 Å². The van der Waals surface area contributed by atoms with Crippen molar-refractivity contribution in [1.29, 1.82) is 0 Å². The Kier molecular flexibility index (Phi) is 5.83. The molecular weight excluding hydrogens is 257 g/mol. The van der Waals surface area contributed by atoms with Crippen LogP contribution in [-0.4, -0.2) is 35.8 Å². The molecule has 1 unspecified atom stereocenters. The first-order valence-corrected chi connectivity index (χ1v) is 5.27. The van der Waals surface area contributed by atoms with E-state index in [1.54, 1.807) is 13.8 Å². The highest BCUT2D eigenvalue weighted by Crippen LogP contribution is 2.14. The van der Waals surface area contributed by atoms with Gasteiger partial charge in [-0.3, -0.25) is 4.79 Å². The van der Waals surface area contributed by atoms with E-state index in [0.717, 1.165) is 0 Å². The molecule has 1 atom stereocenters. The van der Waals surface area contributed by atoms with E-state index in [1.807, 2.05) is 0 Å². The van der Waals surface area contributed by atoms with Gasteiger partial charge in [-0.05, 0) is 13.3 Å². The normalized spacial score (nSPS) is 15.1. The molecule has 4 nitrogen and oxygen atoms in total.